The molecule has 0 atom stereocenters. The van der Waals surface area contributed by atoms with Gasteiger partial charge >= 0.3 is 0 Å². The number of rotatable bonds is 8. The van der Waals surface area contributed by atoms with Crippen LogP contribution in [0.25, 0.3) is 21.8 Å². The van der Waals surface area contributed by atoms with Gasteiger partial charge in [0.1, 0.15) is 12.4 Å². The Balaban J connectivity index is 1.92. The Morgan fingerprint density at radius 1 is 1.25 bits per heavy atom. The summed E-state index contributed by atoms with van der Waals surface area (Å²) in [6.45, 7) is 4.01. The number of carbonyl (C=O) groups excluding carboxylic acids is 1. The van der Waals surface area contributed by atoms with E-state index in [-0.39, 0.29) is 25.0 Å². The minimum atomic E-state index is -0.881. The summed E-state index contributed by atoms with van der Waals surface area (Å²) < 4.78 is 5.30. The molecule has 1 N–H and O–H groups in total. The fourth-order valence-electron chi connectivity index (χ4n) is 3.36. The zero-order valence-corrected chi connectivity index (χ0v) is 16.1. The normalized spacial score (nSPS) is 11.1. The Morgan fingerprint density at radius 3 is 2.71 bits per heavy atom. The Morgan fingerprint density at radius 2 is 2.04 bits per heavy atom. The van der Waals surface area contributed by atoms with Gasteiger partial charge in [0.25, 0.3) is 5.09 Å². The number of carbonyl (C=O) groups is 1. The molecule has 0 aliphatic heterocycles. The molecule has 3 aromatic rings. The standard InChI is InChI=1S/C20H23N3O5/c1-13(2)22(19(24)9-10-28-23(25)26)12-14-5-4-6-17-20(14)16-8-7-15(27-3)11-18(16)21-17/h4-8,11,13,21H,9-10,12H2,1-3H3. The highest BCUT2D eigenvalue weighted by Gasteiger charge is 2.20. The van der Waals surface area contributed by atoms with Gasteiger partial charge in [0.2, 0.25) is 5.91 Å². The van der Waals surface area contributed by atoms with Crippen LogP contribution in [0.15, 0.2) is 36.4 Å². The third kappa shape index (κ3) is 4.00. The van der Waals surface area contributed by atoms with Crippen LogP contribution in [-0.4, -0.2) is 40.6 Å². The first kappa shape index (κ1) is 19.5. The molecule has 0 saturated heterocycles. The number of hydrogen-bond donors (Lipinski definition) is 1. The molecule has 28 heavy (non-hydrogen) atoms. The van der Waals surface area contributed by atoms with Crippen molar-refractivity contribution in [3.8, 4) is 5.75 Å². The predicted molar refractivity (Wildman–Crippen MR) is 106 cm³/mol. The molecule has 8 nitrogen and oxygen atoms in total. The topological polar surface area (TPSA) is 97.7 Å². The molecule has 0 aliphatic rings. The maximum absolute atomic E-state index is 12.6. The smallest absolute Gasteiger partial charge is 0.294 e. The SMILES string of the molecule is COc1ccc2c(c1)[nH]c1cccc(CN(C(=O)CCO[N+](=O)[O-])C(C)C)c12. The monoisotopic (exact) mass is 385 g/mol. The lowest BCUT2D eigenvalue weighted by Crippen LogP contribution is -2.37. The molecule has 2 aromatic carbocycles. The fraction of sp³-hybridized carbons (Fsp3) is 0.350. The van der Waals surface area contributed by atoms with Crippen LogP contribution in [0.4, 0.5) is 0 Å². The van der Waals surface area contributed by atoms with E-state index in [0.29, 0.717) is 6.54 Å². The molecule has 0 unspecified atom stereocenters. The number of aromatic amines is 1. The zero-order chi connectivity index (χ0) is 20.3. The number of fused-ring (bicyclic) bond motifs is 3. The number of aromatic nitrogens is 1. The van der Waals surface area contributed by atoms with Crippen LogP contribution in [0.5, 0.6) is 5.75 Å². The number of hydrogen-bond acceptors (Lipinski definition) is 5. The molecule has 1 amide bonds. The Kier molecular flexibility index (Phi) is 5.67. The molecular formula is C20H23N3O5. The van der Waals surface area contributed by atoms with E-state index in [9.17, 15) is 14.9 Å². The Hall–Kier alpha value is -3.29. The lowest BCUT2D eigenvalue weighted by atomic mass is 10.0. The van der Waals surface area contributed by atoms with E-state index >= 15 is 0 Å². The van der Waals surface area contributed by atoms with Crippen molar-refractivity contribution in [3.63, 3.8) is 0 Å². The highest BCUT2D eigenvalue weighted by molar-refractivity contribution is 6.09. The quantitative estimate of drug-likeness (QED) is 0.471. The molecular weight excluding hydrogens is 362 g/mol. The summed E-state index contributed by atoms with van der Waals surface area (Å²) in [5, 5.41) is 11.5. The Bertz CT molecular complexity index is 1010. The van der Waals surface area contributed by atoms with Gasteiger partial charge < -0.3 is 19.5 Å². The Labute approximate surface area is 162 Å². The van der Waals surface area contributed by atoms with Gasteiger partial charge in [-0.2, -0.15) is 0 Å². The second-order valence-corrected chi connectivity index (χ2v) is 6.80. The van der Waals surface area contributed by atoms with Crippen LogP contribution in [-0.2, 0) is 16.2 Å². The maximum Gasteiger partial charge on any atom is 0.294 e. The van der Waals surface area contributed by atoms with Crippen molar-refractivity contribution < 1.29 is 19.5 Å². The van der Waals surface area contributed by atoms with Crippen LogP contribution < -0.4 is 4.74 Å². The van der Waals surface area contributed by atoms with E-state index in [1.54, 1.807) is 12.0 Å². The van der Waals surface area contributed by atoms with Crippen molar-refractivity contribution in [2.75, 3.05) is 13.7 Å². The number of amides is 1. The molecule has 8 heteroatoms. The highest BCUT2D eigenvalue weighted by Crippen LogP contribution is 2.31. The molecule has 1 heterocycles. The second-order valence-electron chi connectivity index (χ2n) is 6.80. The van der Waals surface area contributed by atoms with Crippen molar-refractivity contribution in [1.29, 1.82) is 0 Å². The number of nitrogens with one attached hydrogen (secondary N) is 1. The minimum Gasteiger partial charge on any atom is -0.497 e. The average Bonchev–Trinajstić information content (AvgIpc) is 3.03. The van der Waals surface area contributed by atoms with Gasteiger partial charge in [0.15, 0.2) is 0 Å². The predicted octanol–water partition coefficient (Wildman–Crippen LogP) is 3.67. The van der Waals surface area contributed by atoms with Gasteiger partial charge in [-0.15, -0.1) is 10.1 Å². The van der Waals surface area contributed by atoms with Crippen LogP contribution in [0.2, 0.25) is 0 Å². The third-order valence-electron chi connectivity index (χ3n) is 4.71. The first-order valence-corrected chi connectivity index (χ1v) is 9.04. The maximum atomic E-state index is 12.6. The molecule has 3 rings (SSSR count). The van der Waals surface area contributed by atoms with E-state index < -0.39 is 5.09 Å². The van der Waals surface area contributed by atoms with E-state index in [1.807, 2.05) is 50.2 Å². The van der Waals surface area contributed by atoms with Crippen molar-refractivity contribution in [2.45, 2.75) is 32.9 Å². The van der Waals surface area contributed by atoms with Gasteiger partial charge in [-0.1, -0.05) is 12.1 Å². The first-order valence-electron chi connectivity index (χ1n) is 9.04. The van der Waals surface area contributed by atoms with Gasteiger partial charge in [-0.25, -0.2) is 0 Å². The molecule has 1 aromatic heterocycles. The lowest BCUT2D eigenvalue weighted by molar-refractivity contribution is -0.757. The first-order chi connectivity index (χ1) is 13.4. The summed E-state index contributed by atoms with van der Waals surface area (Å²) in [6.07, 6.45) is -0.0414. The van der Waals surface area contributed by atoms with Crippen molar-refractivity contribution in [2.24, 2.45) is 0 Å². The summed E-state index contributed by atoms with van der Waals surface area (Å²) in [5.41, 5.74) is 2.95. The summed E-state index contributed by atoms with van der Waals surface area (Å²) >= 11 is 0. The number of methoxy groups -OCH3 is 1. The molecule has 0 fully saturated rings. The van der Waals surface area contributed by atoms with E-state index in [1.165, 1.54) is 0 Å². The molecule has 0 spiro atoms. The van der Waals surface area contributed by atoms with Crippen molar-refractivity contribution in [1.82, 2.24) is 9.88 Å². The largest absolute Gasteiger partial charge is 0.497 e. The third-order valence-corrected chi connectivity index (χ3v) is 4.71. The molecule has 0 saturated carbocycles. The summed E-state index contributed by atoms with van der Waals surface area (Å²) in [5.74, 6) is 0.584. The molecule has 0 aliphatic carbocycles. The van der Waals surface area contributed by atoms with Crippen molar-refractivity contribution >= 4 is 27.7 Å². The van der Waals surface area contributed by atoms with Gasteiger partial charge in [-0.05, 0) is 37.6 Å². The van der Waals surface area contributed by atoms with E-state index in [4.69, 9.17) is 4.74 Å². The molecule has 148 valence electrons. The fourth-order valence-corrected chi connectivity index (χ4v) is 3.36. The second kappa shape index (κ2) is 8.16. The summed E-state index contributed by atoms with van der Waals surface area (Å²) in [7, 11) is 1.63. The van der Waals surface area contributed by atoms with Crippen LogP contribution in [0.3, 0.4) is 0 Å². The molecule has 0 radical (unpaired) electrons. The van der Waals surface area contributed by atoms with Gasteiger partial charge in [-0.3, -0.25) is 4.79 Å². The minimum absolute atomic E-state index is 0.0414. The highest BCUT2D eigenvalue weighted by atomic mass is 16.9. The summed E-state index contributed by atoms with van der Waals surface area (Å²) in [4.78, 5) is 32.3. The van der Waals surface area contributed by atoms with Crippen LogP contribution in [0.1, 0.15) is 25.8 Å². The van der Waals surface area contributed by atoms with Gasteiger partial charge in [0, 0.05) is 34.9 Å². The van der Waals surface area contributed by atoms with E-state index in [0.717, 1.165) is 33.1 Å². The van der Waals surface area contributed by atoms with Crippen LogP contribution >= 0.6 is 0 Å². The summed E-state index contributed by atoms with van der Waals surface area (Å²) in [6, 6.07) is 11.7. The zero-order valence-electron chi connectivity index (χ0n) is 16.1. The van der Waals surface area contributed by atoms with Crippen molar-refractivity contribution in [3.05, 3.63) is 52.1 Å². The average molecular weight is 385 g/mol. The number of ether oxygens (including phenoxy) is 1. The van der Waals surface area contributed by atoms with Gasteiger partial charge in [0.05, 0.1) is 19.0 Å². The van der Waals surface area contributed by atoms with E-state index in [2.05, 4.69) is 9.82 Å². The molecule has 0 bridgehead atoms. The number of benzene rings is 2. The number of nitrogens with zero attached hydrogens (tertiary/aromatic N) is 2. The lowest BCUT2D eigenvalue weighted by Gasteiger charge is -2.27. The number of H-pyrrole nitrogens is 1. The van der Waals surface area contributed by atoms with Crippen LogP contribution in [0, 0.1) is 10.1 Å².